The summed E-state index contributed by atoms with van der Waals surface area (Å²) in [7, 11) is 0. The zero-order chi connectivity index (χ0) is 17.1. The maximum Gasteiger partial charge on any atom is 0.313 e. The zero-order valence-electron chi connectivity index (χ0n) is 13.7. The molecule has 0 spiro atoms. The van der Waals surface area contributed by atoms with Gasteiger partial charge in [-0.3, -0.25) is 14.3 Å². The molecule has 0 unspecified atom stereocenters. The molecule has 0 amide bonds. The number of aromatic nitrogens is 2. The molecule has 0 aliphatic carbocycles. The van der Waals surface area contributed by atoms with Gasteiger partial charge in [-0.25, -0.2) is 0 Å². The predicted octanol–water partition coefficient (Wildman–Crippen LogP) is 3.01. The lowest BCUT2D eigenvalue weighted by Gasteiger charge is -2.10. The number of carbonyl (C=O) groups excluding carboxylic acids is 1. The molecule has 24 heavy (non-hydrogen) atoms. The normalized spacial score (nSPS) is 10.8. The van der Waals surface area contributed by atoms with E-state index in [0.717, 1.165) is 11.1 Å². The van der Waals surface area contributed by atoms with E-state index in [9.17, 15) is 9.59 Å². The predicted molar refractivity (Wildman–Crippen MR) is 92.2 cm³/mol. The number of aryl methyl sites for hydroxylation is 3. The largest absolute Gasteiger partial charge is 0.426 e. The molecule has 0 atom stereocenters. The molecule has 3 aromatic rings. The maximum atomic E-state index is 12.1. The highest BCUT2D eigenvalue weighted by Gasteiger charge is 2.09. The Balaban J connectivity index is 1.73. The van der Waals surface area contributed by atoms with E-state index in [1.165, 1.54) is 6.20 Å². The van der Waals surface area contributed by atoms with Gasteiger partial charge < -0.3 is 4.74 Å². The zero-order valence-corrected chi connectivity index (χ0v) is 13.7. The fourth-order valence-corrected chi connectivity index (χ4v) is 2.62. The van der Waals surface area contributed by atoms with E-state index in [-0.39, 0.29) is 17.8 Å². The molecule has 1 aromatic heterocycles. The Kier molecular flexibility index (Phi) is 4.42. The van der Waals surface area contributed by atoms with Gasteiger partial charge in [0.15, 0.2) is 0 Å². The number of fused-ring (bicyclic) bond motifs is 1. The maximum absolute atomic E-state index is 12.1. The van der Waals surface area contributed by atoms with Crippen LogP contribution in [0.3, 0.4) is 0 Å². The molecule has 0 aliphatic heterocycles. The molecular formula is C19H18N2O3. The highest BCUT2D eigenvalue weighted by atomic mass is 16.5. The van der Waals surface area contributed by atoms with Gasteiger partial charge in [0, 0.05) is 5.39 Å². The van der Waals surface area contributed by atoms with Crippen LogP contribution in [-0.2, 0) is 11.3 Å². The van der Waals surface area contributed by atoms with Gasteiger partial charge in [0.1, 0.15) is 5.75 Å². The van der Waals surface area contributed by atoms with Crippen LogP contribution in [0.5, 0.6) is 5.75 Å². The molecule has 1 heterocycles. The number of benzene rings is 2. The Morgan fingerprint density at radius 3 is 2.75 bits per heavy atom. The molecule has 0 saturated heterocycles. The molecule has 5 heteroatoms. The molecule has 0 fully saturated rings. The number of esters is 1. The summed E-state index contributed by atoms with van der Waals surface area (Å²) in [4.78, 5) is 23.9. The van der Waals surface area contributed by atoms with E-state index in [4.69, 9.17) is 4.74 Å². The summed E-state index contributed by atoms with van der Waals surface area (Å²) in [6.45, 7) is 4.25. The summed E-state index contributed by atoms with van der Waals surface area (Å²) in [5, 5.41) is 4.70. The van der Waals surface area contributed by atoms with Crippen LogP contribution in [0.25, 0.3) is 10.9 Å². The summed E-state index contributed by atoms with van der Waals surface area (Å²) in [5.74, 6) is 0.245. The quantitative estimate of drug-likeness (QED) is 0.547. The fraction of sp³-hybridized carbons (Fsp3) is 0.211. The van der Waals surface area contributed by atoms with Crippen molar-refractivity contribution in [3.8, 4) is 5.75 Å². The first-order chi connectivity index (χ1) is 11.5. The lowest BCUT2D eigenvalue weighted by atomic mass is 10.1. The second kappa shape index (κ2) is 6.66. The van der Waals surface area contributed by atoms with E-state index in [1.807, 2.05) is 44.2 Å². The van der Waals surface area contributed by atoms with Crippen LogP contribution < -0.4 is 10.2 Å². The van der Waals surface area contributed by atoms with Crippen LogP contribution in [0.4, 0.5) is 0 Å². The van der Waals surface area contributed by atoms with Crippen LogP contribution in [0.2, 0.25) is 0 Å². The van der Waals surface area contributed by atoms with Crippen LogP contribution in [-0.4, -0.2) is 15.7 Å². The monoisotopic (exact) mass is 322 g/mol. The molecule has 122 valence electrons. The summed E-state index contributed by atoms with van der Waals surface area (Å²) in [6.07, 6.45) is 1.45. The molecule has 3 rings (SSSR count). The van der Waals surface area contributed by atoms with Gasteiger partial charge in [-0.2, -0.15) is 5.10 Å². The van der Waals surface area contributed by atoms with Gasteiger partial charge in [-0.1, -0.05) is 29.8 Å². The van der Waals surface area contributed by atoms with E-state index in [1.54, 1.807) is 16.8 Å². The number of para-hydroxylation sites is 1. The molecule has 0 aliphatic rings. The molecule has 0 bridgehead atoms. The van der Waals surface area contributed by atoms with Crippen molar-refractivity contribution in [2.45, 2.75) is 26.8 Å². The van der Waals surface area contributed by atoms with Crippen LogP contribution >= 0.6 is 0 Å². The van der Waals surface area contributed by atoms with Crippen molar-refractivity contribution in [1.29, 1.82) is 0 Å². The SMILES string of the molecule is Cc1ccc(OC(=O)CCn2ncc(=O)c3ccccc32)c(C)c1. The Morgan fingerprint density at radius 2 is 1.96 bits per heavy atom. The van der Waals surface area contributed by atoms with Gasteiger partial charge in [0.2, 0.25) is 5.43 Å². The molecule has 0 radical (unpaired) electrons. The number of carbonyl (C=O) groups is 1. The smallest absolute Gasteiger partial charge is 0.313 e. The summed E-state index contributed by atoms with van der Waals surface area (Å²) in [6, 6.07) is 12.9. The molecule has 5 nitrogen and oxygen atoms in total. The molecular weight excluding hydrogens is 304 g/mol. The third kappa shape index (κ3) is 3.35. The Hall–Kier alpha value is -2.95. The first kappa shape index (κ1) is 15.9. The third-order valence-corrected chi connectivity index (χ3v) is 3.84. The number of hydrogen-bond donors (Lipinski definition) is 0. The third-order valence-electron chi connectivity index (χ3n) is 3.84. The van der Waals surface area contributed by atoms with Crippen LogP contribution in [0.1, 0.15) is 17.5 Å². The lowest BCUT2D eigenvalue weighted by Crippen LogP contribution is -2.16. The summed E-state index contributed by atoms with van der Waals surface area (Å²) >= 11 is 0. The Labute approximate surface area is 139 Å². The van der Waals surface area contributed by atoms with Crippen molar-refractivity contribution in [3.05, 3.63) is 70.0 Å². The van der Waals surface area contributed by atoms with Gasteiger partial charge in [-0.15, -0.1) is 0 Å². The van der Waals surface area contributed by atoms with E-state index in [0.29, 0.717) is 23.2 Å². The number of rotatable bonds is 4. The van der Waals surface area contributed by atoms with Crippen LogP contribution in [0, 0.1) is 13.8 Å². The van der Waals surface area contributed by atoms with Crippen molar-refractivity contribution in [1.82, 2.24) is 9.78 Å². The number of ether oxygens (including phenoxy) is 1. The average Bonchev–Trinajstić information content (AvgIpc) is 2.57. The lowest BCUT2D eigenvalue weighted by molar-refractivity contribution is -0.134. The second-order valence-corrected chi connectivity index (χ2v) is 5.74. The first-order valence-electron chi connectivity index (χ1n) is 7.77. The highest BCUT2D eigenvalue weighted by Crippen LogP contribution is 2.19. The number of hydrogen-bond acceptors (Lipinski definition) is 4. The molecule has 0 N–H and O–H groups in total. The van der Waals surface area contributed by atoms with Crippen LogP contribution in [0.15, 0.2) is 53.5 Å². The van der Waals surface area contributed by atoms with Gasteiger partial charge in [-0.05, 0) is 37.6 Å². The topological polar surface area (TPSA) is 61.2 Å². The van der Waals surface area contributed by atoms with E-state index in [2.05, 4.69) is 5.10 Å². The molecule has 2 aromatic carbocycles. The van der Waals surface area contributed by atoms with E-state index < -0.39 is 0 Å². The average molecular weight is 322 g/mol. The minimum Gasteiger partial charge on any atom is -0.426 e. The van der Waals surface area contributed by atoms with Crippen molar-refractivity contribution >= 4 is 16.9 Å². The minimum atomic E-state index is -0.327. The number of nitrogens with zero attached hydrogens (tertiary/aromatic N) is 2. The van der Waals surface area contributed by atoms with Gasteiger partial charge in [0.05, 0.1) is 24.7 Å². The minimum absolute atomic E-state index is 0.125. The van der Waals surface area contributed by atoms with Crippen molar-refractivity contribution in [3.63, 3.8) is 0 Å². The van der Waals surface area contributed by atoms with Gasteiger partial charge in [0.25, 0.3) is 0 Å². The van der Waals surface area contributed by atoms with E-state index >= 15 is 0 Å². The van der Waals surface area contributed by atoms with Crippen molar-refractivity contribution in [2.75, 3.05) is 0 Å². The standard InChI is InChI=1S/C19H18N2O3/c1-13-7-8-18(14(2)11-13)24-19(23)9-10-21-16-6-4-3-5-15(16)17(22)12-20-21/h3-8,11-12H,9-10H2,1-2H3. The molecule has 0 saturated carbocycles. The van der Waals surface area contributed by atoms with Crippen molar-refractivity contribution in [2.24, 2.45) is 0 Å². The Bertz CT molecular complexity index is 960. The highest BCUT2D eigenvalue weighted by molar-refractivity contribution is 5.78. The second-order valence-electron chi connectivity index (χ2n) is 5.74. The summed E-state index contributed by atoms with van der Waals surface area (Å²) < 4.78 is 7.07. The van der Waals surface area contributed by atoms with Gasteiger partial charge >= 0.3 is 5.97 Å². The van der Waals surface area contributed by atoms with Crippen molar-refractivity contribution < 1.29 is 9.53 Å². The summed E-state index contributed by atoms with van der Waals surface area (Å²) in [5.41, 5.74) is 2.63. The Morgan fingerprint density at radius 1 is 1.17 bits per heavy atom. The first-order valence-corrected chi connectivity index (χ1v) is 7.77. The fourth-order valence-electron chi connectivity index (χ4n) is 2.62.